The van der Waals surface area contributed by atoms with Crippen LogP contribution in [-0.2, 0) is 24.4 Å². The summed E-state index contributed by atoms with van der Waals surface area (Å²) >= 11 is 0. The standard InChI is InChI=1S/C40H50F3N5O10S/c1-22-8-6-7-9-24-20-39(24,35(51)46-59(54,55)38(5)13-14-38)45-32(49)28-19-25(58-33-27-10-11-29-31(57-17-16-56-29)26(27)12-15-44-33)21-47(28)34(50)30(23(2)18-22)48(36(52)53)37(3,4)40(41,42)43/h7,9-12,15,22-25,28,30H,6,8,13-14,16-21H2,1-5H3,(H,45,49)(H,46,51)(H,52,53)/b9-7-/t22-,23+,24+,25+,28-,30-,39+/m0/s1. The van der Waals surface area contributed by atoms with E-state index < -0.39 is 85.9 Å². The zero-order valence-corrected chi connectivity index (χ0v) is 34.3. The van der Waals surface area contributed by atoms with Crippen molar-refractivity contribution in [2.75, 3.05) is 19.8 Å². The summed E-state index contributed by atoms with van der Waals surface area (Å²) in [6.07, 6.45) is -1.42. The van der Waals surface area contributed by atoms with Gasteiger partial charge in [-0.1, -0.05) is 26.0 Å². The number of sulfonamides is 1. The highest BCUT2D eigenvalue weighted by atomic mass is 32.2. The van der Waals surface area contributed by atoms with Gasteiger partial charge >= 0.3 is 12.3 Å². The van der Waals surface area contributed by atoms with Crippen molar-refractivity contribution in [3.05, 3.63) is 36.5 Å². The van der Waals surface area contributed by atoms with E-state index in [1.165, 1.54) is 20.0 Å². The third kappa shape index (κ3) is 7.74. The number of alkyl halides is 3. The number of hydrogen-bond acceptors (Lipinski definition) is 10. The van der Waals surface area contributed by atoms with E-state index in [0.717, 1.165) is 4.90 Å². The second kappa shape index (κ2) is 15.0. The number of fused-ring (bicyclic) bond motifs is 5. The van der Waals surface area contributed by atoms with Crippen LogP contribution in [0.1, 0.15) is 79.6 Å². The van der Waals surface area contributed by atoms with Crippen molar-refractivity contribution >= 4 is 44.6 Å². The Morgan fingerprint density at radius 2 is 1.80 bits per heavy atom. The minimum atomic E-state index is -5.10. The van der Waals surface area contributed by atoms with E-state index in [1.807, 2.05) is 6.92 Å². The fourth-order valence-corrected chi connectivity index (χ4v) is 9.89. The summed E-state index contributed by atoms with van der Waals surface area (Å²) in [4.78, 5) is 62.1. The van der Waals surface area contributed by atoms with Gasteiger partial charge in [-0.05, 0) is 89.3 Å². The van der Waals surface area contributed by atoms with E-state index in [0.29, 0.717) is 75.0 Å². The van der Waals surface area contributed by atoms with Crippen LogP contribution in [0.5, 0.6) is 17.4 Å². The van der Waals surface area contributed by atoms with Gasteiger partial charge in [-0.25, -0.2) is 18.2 Å². The van der Waals surface area contributed by atoms with Crippen molar-refractivity contribution in [3.8, 4) is 17.4 Å². The van der Waals surface area contributed by atoms with E-state index in [1.54, 1.807) is 30.4 Å². The van der Waals surface area contributed by atoms with Crippen LogP contribution in [0.25, 0.3) is 10.8 Å². The highest BCUT2D eigenvalue weighted by Crippen LogP contribution is 2.48. The van der Waals surface area contributed by atoms with E-state index in [-0.39, 0.29) is 42.5 Å². The number of aromatic nitrogens is 1. The molecule has 4 amide bonds. The summed E-state index contributed by atoms with van der Waals surface area (Å²) < 4.78 is 89.6. The first-order valence-electron chi connectivity index (χ1n) is 19.9. The van der Waals surface area contributed by atoms with Gasteiger partial charge in [-0.3, -0.25) is 24.0 Å². The van der Waals surface area contributed by atoms with Gasteiger partial charge in [0.05, 0.1) is 11.3 Å². The molecule has 2 aliphatic carbocycles. The molecule has 3 fully saturated rings. The molecular weight excluding hydrogens is 800 g/mol. The van der Waals surface area contributed by atoms with Crippen LogP contribution in [-0.4, -0.2) is 112 Å². The summed E-state index contributed by atoms with van der Waals surface area (Å²) in [6, 6.07) is 1.71. The van der Waals surface area contributed by atoms with Gasteiger partial charge in [0.1, 0.15) is 42.5 Å². The summed E-state index contributed by atoms with van der Waals surface area (Å²) in [5.74, 6) is -3.56. The Labute approximate surface area is 340 Å². The van der Waals surface area contributed by atoms with E-state index >= 15 is 4.79 Å². The molecule has 15 nitrogen and oxygen atoms in total. The average Bonchev–Trinajstić information content (AvgIpc) is 4.04. The van der Waals surface area contributed by atoms with Gasteiger partial charge < -0.3 is 29.5 Å². The number of hydrogen-bond donors (Lipinski definition) is 3. The number of carbonyl (C=O) groups is 4. The number of carbonyl (C=O) groups excluding carboxylic acids is 3. The maximum absolute atomic E-state index is 15.0. The lowest BCUT2D eigenvalue weighted by atomic mass is 9.85. The van der Waals surface area contributed by atoms with Gasteiger partial charge in [-0.15, -0.1) is 0 Å². The molecular formula is C40H50F3N5O10S. The number of benzene rings is 1. The molecule has 7 rings (SSSR count). The lowest BCUT2D eigenvalue weighted by molar-refractivity contribution is -0.222. The lowest BCUT2D eigenvalue weighted by Crippen LogP contribution is -2.66. The van der Waals surface area contributed by atoms with Crippen molar-refractivity contribution < 1.29 is 60.1 Å². The zero-order valence-electron chi connectivity index (χ0n) is 33.5. The first-order valence-corrected chi connectivity index (χ1v) is 21.4. The Hall–Kier alpha value is -4.81. The van der Waals surface area contributed by atoms with E-state index in [2.05, 4.69) is 15.0 Å². The fraction of sp³-hybridized carbons (Fsp3) is 0.625. The Morgan fingerprint density at radius 1 is 1.08 bits per heavy atom. The molecule has 5 aliphatic rings. The van der Waals surface area contributed by atoms with Crippen LogP contribution in [0.15, 0.2) is 36.5 Å². The number of allylic oxidation sites excluding steroid dienone is 1. The van der Waals surface area contributed by atoms with Crippen LogP contribution in [0.3, 0.4) is 0 Å². The maximum atomic E-state index is 15.0. The Kier molecular flexibility index (Phi) is 10.8. The van der Waals surface area contributed by atoms with Gasteiger partial charge in [0.2, 0.25) is 27.7 Å². The second-order valence-electron chi connectivity index (χ2n) is 17.4. The average molecular weight is 850 g/mol. The number of rotatable bonds is 7. The molecule has 1 saturated heterocycles. The number of halogens is 3. The maximum Gasteiger partial charge on any atom is 0.411 e. The molecule has 1 aromatic heterocycles. The summed E-state index contributed by atoms with van der Waals surface area (Å²) in [5, 5.41) is 14.3. The van der Waals surface area contributed by atoms with Crippen molar-refractivity contribution in [1.29, 1.82) is 0 Å². The minimum Gasteiger partial charge on any atom is -0.486 e. The predicted molar refractivity (Wildman–Crippen MR) is 206 cm³/mol. The molecule has 59 heavy (non-hydrogen) atoms. The fourth-order valence-electron chi connectivity index (χ4n) is 8.57. The molecule has 0 bridgehead atoms. The Morgan fingerprint density at radius 3 is 2.47 bits per heavy atom. The molecule has 1 aromatic carbocycles. The number of pyridine rings is 1. The molecule has 4 heterocycles. The van der Waals surface area contributed by atoms with E-state index in [9.17, 15) is 41.1 Å². The Bertz CT molecular complexity index is 2180. The zero-order chi connectivity index (χ0) is 42.9. The lowest BCUT2D eigenvalue weighted by Gasteiger charge is -2.45. The topological polar surface area (TPSA) is 194 Å². The smallest absolute Gasteiger partial charge is 0.411 e. The molecule has 2 aromatic rings. The third-order valence-corrected chi connectivity index (χ3v) is 14.8. The highest BCUT2D eigenvalue weighted by Gasteiger charge is 2.64. The number of ether oxygens (including phenoxy) is 3. The van der Waals surface area contributed by atoms with Gasteiger partial charge in [0.15, 0.2) is 11.5 Å². The number of nitrogens with one attached hydrogen (secondary N) is 2. The highest BCUT2D eigenvalue weighted by molar-refractivity contribution is 7.91. The first kappa shape index (κ1) is 42.3. The molecule has 3 aliphatic heterocycles. The van der Waals surface area contributed by atoms with Crippen molar-refractivity contribution in [1.82, 2.24) is 24.8 Å². The van der Waals surface area contributed by atoms with Crippen LogP contribution >= 0.6 is 0 Å². The van der Waals surface area contributed by atoms with E-state index in [4.69, 9.17) is 14.2 Å². The van der Waals surface area contributed by atoms with Gasteiger partial charge in [-0.2, -0.15) is 13.2 Å². The van der Waals surface area contributed by atoms with Crippen LogP contribution < -0.4 is 24.2 Å². The molecule has 0 radical (unpaired) electrons. The van der Waals surface area contributed by atoms with Gasteiger partial charge in [0, 0.05) is 29.3 Å². The van der Waals surface area contributed by atoms with Crippen molar-refractivity contribution in [2.24, 2.45) is 17.8 Å². The quantitative estimate of drug-likeness (QED) is 0.320. The number of amides is 4. The molecule has 322 valence electrons. The number of carboxylic acid groups (broad SMARTS) is 1. The SMILES string of the molecule is C[C@H]1CC/C=C\[C@@H]2C[C@@]2(C(=O)NS(=O)(=O)C2(C)CC2)NC(=O)[C@@H]2C[C@@H](Oc3nccc4c5c(ccc34)OCCO5)CN2C(=O)[C@@H](N(C(=O)O)C(C)(C)C(F)(F)F)[C@H](C)C1. The molecule has 3 N–H and O–H groups in total. The van der Waals surface area contributed by atoms with Crippen molar-refractivity contribution in [2.45, 2.75) is 120 Å². The molecule has 19 heteroatoms. The largest absolute Gasteiger partial charge is 0.486 e. The second-order valence-corrected chi connectivity index (χ2v) is 19.6. The molecule has 7 atom stereocenters. The van der Waals surface area contributed by atoms with Crippen molar-refractivity contribution in [3.63, 3.8) is 0 Å². The predicted octanol–water partition coefficient (Wildman–Crippen LogP) is 4.93. The normalized spacial score (nSPS) is 30.1. The molecule has 0 spiro atoms. The monoisotopic (exact) mass is 849 g/mol. The molecule has 0 unspecified atom stereocenters. The minimum absolute atomic E-state index is 0.0473. The summed E-state index contributed by atoms with van der Waals surface area (Å²) in [7, 11) is -4.12. The summed E-state index contributed by atoms with van der Waals surface area (Å²) in [6.45, 7) is 6.56. The van der Waals surface area contributed by atoms with Crippen LogP contribution in [0.2, 0.25) is 0 Å². The first-order chi connectivity index (χ1) is 27.6. The van der Waals surface area contributed by atoms with Crippen LogP contribution in [0, 0.1) is 17.8 Å². The summed E-state index contributed by atoms with van der Waals surface area (Å²) in [5.41, 5.74) is -4.76. The van der Waals surface area contributed by atoms with Crippen LogP contribution in [0.4, 0.5) is 18.0 Å². The Balaban J connectivity index is 1.29. The number of nitrogens with zero attached hydrogens (tertiary/aromatic N) is 3. The van der Waals surface area contributed by atoms with Gasteiger partial charge in [0.25, 0.3) is 5.91 Å². The molecule has 2 saturated carbocycles. The third-order valence-electron chi connectivity index (χ3n) is 12.7.